The number of hydrogen-bond donors (Lipinski definition) is 1. The van der Waals surface area contributed by atoms with Gasteiger partial charge >= 0.3 is 5.97 Å². The van der Waals surface area contributed by atoms with Crippen LogP contribution >= 0.6 is 0 Å². The topological polar surface area (TPSA) is 127 Å². The lowest BCUT2D eigenvalue weighted by Crippen LogP contribution is -2.28. The average Bonchev–Trinajstić information content (AvgIpc) is 3.25. The summed E-state index contributed by atoms with van der Waals surface area (Å²) in [6, 6.07) is 19.6. The van der Waals surface area contributed by atoms with Gasteiger partial charge in [-0.3, -0.25) is 14.5 Å². The molecule has 0 atom stereocenters. The fourth-order valence-corrected chi connectivity index (χ4v) is 6.62. The van der Waals surface area contributed by atoms with Crippen LogP contribution in [0.4, 0.5) is 11.4 Å². The van der Waals surface area contributed by atoms with Crippen LogP contribution in [0.5, 0.6) is 5.75 Å². The highest BCUT2D eigenvalue weighted by atomic mass is 32.2. The molecule has 1 N–H and O–H groups in total. The first-order valence-electron chi connectivity index (χ1n) is 16.3. The van der Waals surface area contributed by atoms with Gasteiger partial charge < -0.3 is 14.4 Å². The van der Waals surface area contributed by atoms with E-state index in [1.807, 2.05) is 60.7 Å². The summed E-state index contributed by atoms with van der Waals surface area (Å²) in [6.45, 7) is 6.88. The molecule has 9 nitrogen and oxygen atoms in total. The van der Waals surface area contributed by atoms with E-state index >= 15 is 0 Å². The van der Waals surface area contributed by atoms with Crippen LogP contribution < -0.4 is 9.64 Å². The zero-order valence-corrected chi connectivity index (χ0v) is 28.6. The molecule has 1 amide bonds. The smallest absolute Gasteiger partial charge is 0.303 e. The van der Waals surface area contributed by atoms with Crippen LogP contribution in [0.25, 0.3) is 10.8 Å². The van der Waals surface area contributed by atoms with Gasteiger partial charge in [0.15, 0.2) is 5.71 Å². The number of carbonyl (C=O) groups is 2. The van der Waals surface area contributed by atoms with Crippen LogP contribution in [-0.4, -0.2) is 59.1 Å². The number of aliphatic carboxylic acids is 1. The van der Waals surface area contributed by atoms with E-state index in [0.29, 0.717) is 26.0 Å². The van der Waals surface area contributed by atoms with Crippen molar-refractivity contribution in [1.29, 1.82) is 0 Å². The number of para-hydroxylation sites is 1. The van der Waals surface area contributed by atoms with Gasteiger partial charge in [-0.2, -0.15) is 4.58 Å². The summed E-state index contributed by atoms with van der Waals surface area (Å²) in [7, 11) is -4.29. The van der Waals surface area contributed by atoms with Crippen molar-refractivity contribution < 1.29 is 37.0 Å². The zero-order chi connectivity index (χ0) is 34.7. The first-order valence-corrected chi connectivity index (χ1v) is 17.8. The van der Waals surface area contributed by atoms with E-state index in [2.05, 4.69) is 42.7 Å². The number of carboxylic acid groups (broad SMARTS) is 1. The Balaban J connectivity index is 1.59. The normalized spacial score (nSPS) is 14.4. The molecule has 4 rings (SSSR count). The predicted octanol–water partition coefficient (Wildman–Crippen LogP) is 7.24. The summed E-state index contributed by atoms with van der Waals surface area (Å²) in [6.07, 6.45) is 14.4. The summed E-state index contributed by atoms with van der Waals surface area (Å²) in [4.78, 5) is 24.5. The number of unbranched alkanes of at least 4 members (excludes halogenated alkanes) is 3. The van der Waals surface area contributed by atoms with Crippen LogP contribution in [0.3, 0.4) is 0 Å². The van der Waals surface area contributed by atoms with E-state index < -0.39 is 27.3 Å². The Hall–Kier alpha value is -4.54. The molecule has 0 unspecified atom stereocenters. The third kappa shape index (κ3) is 9.74. The maximum Gasteiger partial charge on any atom is 0.303 e. The van der Waals surface area contributed by atoms with Crippen LogP contribution in [0.1, 0.15) is 64.9 Å². The fraction of sp³-hybridized carbons (Fsp3) is 0.342. The van der Waals surface area contributed by atoms with Gasteiger partial charge in [-0.1, -0.05) is 42.5 Å². The van der Waals surface area contributed by atoms with E-state index in [-0.39, 0.29) is 18.7 Å². The maximum absolute atomic E-state index is 12.2. The number of ether oxygens (including phenoxy) is 1. The van der Waals surface area contributed by atoms with Crippen molar-refractivity contribution in [2.24, 2.45) is 0 Å². The van der Waals surface area contributed by atoms with E-state index in [0.717, 1.165) is 52.0 Å². The van der Waals surface area contributed by atoms with Crippen molar-refractivity contribution in [3.05, 3.63) is 103 Å². The van der Waals surface area contributed by atoms with Crippen molar-refractivity contribution >= 4 is 49.9 Å². The number of nitrogens with zero attached hydrogens (tertiary/aromatic N) is 2. The SMILES string of the molecule is CC(=O)N(/C=C/C=C/C=C/C1=[N+](CCCCS(=O)(=O)[O-])c2ccc3ccc(OCCCCCC(=O)O)cc3c2C1(C)C)c1ccccc1. The van der Waals surface area contributed by atoms with Gasteiger partial charge in [-0.15, -0.1) is 0 Å². The second-order valence-corrected chi connectivity index (χ2v) is 13.9. The molecule has 0 saturated heterocycles. The molecule has 3 aromatic carbocycles. The average molecular weight is 673 g/mol. The van der Waals surface area contributed by atoms with Gasteiger partial charge in [0.1, 0.15) is 12.3 Å². The molecule has 254 valence electrons. The number of carboxylic acids is 1. The first kappa shape index (κ1) is 36.3. The van der Waals surface area contributed by atoms with Crippen molar-refractivity contribution in [3.8, 4) is 5.75 Å². The number of rotatable bonds is 17. The minimum absolute atomic E-state index is 0.0978. The molecule has 1 heterocycles. The van der Waals surface area contributed by atoms with Crippen LogP contribution in [0, 0.1) is 0 Å². The highest BCUT2D eigenvalue weighted by Gasteiger charge is 2.45. The Morgan fingerprint density at radius 3 is 2.38 bits per heavy atom. The lowest BCUT2D eigenvalue weighted by Gasteiger charge is -2.18. The van der Waals surface area contributed by atoms with Crippen molar-refractivity contribution in [1.82, 2.24) is 0 Å². The second kappa shape index (κ2) is 16.5. The maximum atomic E-state index is 12.2. The molecule has 1 aliphatic rings. The Kier molecular flexibility index (Phi) is 12.5. The van der Waals surface area contributed by atoms with Crippen molar-refractivity contribution in [3.63, 3.8) is 0 Å². The Morgan fingerprint density at radius 2 is 1.67 bits per heavy atom. The van der Waals surface area contributed by atoms with Crippen molar-refractivity contribution in [2.45, 2.75) is 64.7 Å². The van der Waals surface area contributed by atoms with Crippen LogP contribution in [-0.2, 0) is 25.1 Å². The van der Waals surface area contributed by atoms with Gasteiger partial charge in [0.05, 0.1) is 22.1 Å². The molecule has 0 aliphatic carbocycles. The largest absolute Gasteiger partial charge is 0.748 e. The van der Waals surface area contributed by atoms with Crippen LogP contribution in [0.15, 0.2) is 97.2 Å². The Bertz CT molecular complexity index is 1840. The van der Waals surface area contributed by atoms with E-state index in [1.54, 1.807) is 17.2 Å². The Labute approximate surface area is 283 Å². The number of hydrogen-bond acceptors (Lipinski definition) is 6. The number of anilines is 1. The Morgan fingerprint density at radius 1 is 0.938 bits per heavy atom. The molecule has 48 heavy (non-hydrogen) atoms. The van der Waals surface area contributed by atoms with Crippen molar-refractivity contribution in [2.75, 3.05) is 23.8 Å². The minimum Gasteiger partial charge on any atom is -0.748 e. The third-order valence-corrected chi connectivity index (χ3v) is 9.13. The summed E-state index contributed by atoms with van der Waals surface area (Å²) >= 11 is 0. The lowest BCUT2D eigenvalue weighted by atomic mass is 9.79. The van der Waals surface area contributed by atoms with E-state index in [9.17, 15) is 22.6 Å². The predicted molar refractivity (Wildman–Crippen MR) is 189 cm³/mol. The highest BCUT2D eigenvalue weighted by molar-refractivity contribution is 7.85. The van der Waals surface area contributed by atoms with Gasteiger partial charge in [0.2, 0.25) is 11.6 Å². The molecule has 1 aliphatic heterocycles. The fourth-order valence-electron chi connectivity index (χ4n) is 6.06. The zero-order valence-electron chi connectivity index (χ0n) is 27.8. The third-order valence-electron chi connectivity index (χ3n) is 8.34. The number of benzene rings is 3. The summed E-state index contributed by atoms with van der Waals surface area (Å²) in [5, 5.41) is 11.0. The molecule has 0 saturated carbocycles. The highest BCUT2D eigenvalue weighted by Crippen LogP contribution is 2.45. The summed E-state index contributed by atoms with van der Waals surface area (Å²) in [5.74, 6) is -0.540. The molecular weight excluding hydrogens is 628 g/mol. The summed E-state index contributed by atoms with van der Waals surface area (Å²) in [5.41, 5.74) is 3.54. The number of fused-ring (bicyclic) bond motifs is 3. The van der Waals surface area contributed by atoms with Gasteiger partial charge in [-0.05, 0) is 86.7 Å². The molecule has 0 fully saturated rings. The molecule has 3 aromatic rings. The monoisotopic (exact) mass is 672 g/mol. The first-order chi connectivity index (χ1) is 22.9. The molecular formula is C38H44N2O7S. The molecule has 0 bridgehead atoms. The molecule has 0 radical (unpaired) electrons. The van der Waals surface area contributed by atoms with E-state index in [1.165, 1.54) is 6.92 Å². The van der Waals surface area contributed by atoms with Crippen LogP contribution in [0.2, 0.25) is 0 Å². The standard InChI is InChI=1S/C38H44N2O7S/c1-29(41)39(31-16-8-6-9-17-31)24-12-5-4-10-18-35-38(2,3)37-33-28-32(47-26-14-7-11-19-36(42)43)22-20-30(33)21-23-34(37)40(35)25-13-15-27-48(44,45)46/h4-6,8-10,12,16-18,20-24,28H,7,11,13-15,19,25-27H2,1-3H3,(H-,42,43,44,45,46). The molecule has 10 heteroatoms. The lowest BCUT2D eigenvalue weighted by molar-refractivity contribution is -0.438. The summed E-state index contributed by atoms with van der Waals surface area (Å²) < 4.78 is 42.0. The quantitative estimate of drug-likeness (QED) is 0.0693. The second-order valence-electron chi connectivity index (χ2n) is 12.3. The molecule has 0 spiro atoms. The van der Waals surface area contributed by atoms with E-state index in [4.69, 9.17) is 9.84 Å². The number of allylic oxidation sites excluding steroid dienone is 5. The van der Waals surface area contributed by atoms with Gasteiger partial charge in [0, 0.05) is 55.1 Å². The number of carbonyl (C=O) groups excluding carboxylic acids is 1. The van der Waals surface area contributed by atoms with Gasteiger partial charge in [0.25, 0.3) is 0 Å². The molecule has 0 aromatic heterocycles. The minimum atomic E-state index is -4.29. The van der Waals surface area contributed by atoms with Gasteiger partial charge in [-0.25, -0.2) is 8.42 Å². The number of amides is 1.